The number of nitrogens with one attached hydrogen (secondary N) is 1. The van der Waals surface area contributed by atoms with Crippen molar-refractivity contribution >= 4 is 11.8 Å². The summed E-state index contributed by atoms with van der Waals surface area (Å²) in [6, 6.07) is 0. The molecule has 1 saturated heterocycles. The fourth-order valence-electron chi connectivity index (χ4n) is 2.87. The van der Waals surface area contributed by atoms with Crippen molar-refractivity contribution in [1.82, 2.24) is 30.3 Å². The molecule has 1 aliphatic heterocycles. The molecule has 25 heavy (non-hydrogen) atoms. The van der Waals surface area contributed by atoms with Crippen LogP contribution in [0.2, 0.25) is 0 Å². The smallest absolute Gasteiger partial charge is 0.241 e. The summed E-state index contributed by atoms with van der Waals surface area (Å²) in [5.74, 6) is 0.930. The first-order chi connectivity index (χ1) is 12.1. The molecular formula is C16H20N6O3. The number of likely N-dealkylation sites (tertiary alicyclic amines) is 1. The van der Waals surface area contributed by atoms with E-state index in [0.29, 0.717) is 36.9 Å². The van der Waals surface area contributed by atoms with Gasteiger partial charge in [-0.15, -0.1) is 0 Å². The molecule has 132 valence electrons. The van der Waals surface area contributed by atoms with Crippen LogP contribution in [0.3, 0.4) is 0 Å². The molecule has 1 N–H and O–H groups in total. The third-order valence-electron chi connectivity index (χ3n) is 4.08. The van der Waals surface area contributed by atoms with Crippen LogP contribution in [0.5, 0.6) is 0 Å². The Labute approximate surface area is 144 Å². The Kier molecular flexibility index (Phi) is 5.32. The van der Waals surface area contributed by atoms with Gasteiger partial charge in [0.1, 0.15) is 5.69 Å². The Hall–Kier alpha value is -2.84. The predicted octanol–water partition coefficient (Wildman–Crippen LogP) is 0.444. The highest BCUT2D eigenvalue weighted by Gasteiger charge is 2.25. The van der Waals surface area contributed by atoms with E-state index >= 15 is 0 Å². The van der Waals surface area contributed by atoms with Crippen molar-refractivity contribution in [3.63, 3.8) is 0 Å². The van der Waals surface area contributed by atoms with Crippen LogP contribution in [0.25, 0.3) is 11.5 Å². The SMILES string of the molecule is CC(=O)NCC(=O)N1CCC[C@@H](Cc2nc(-c3cnccn3)no2)C1. The lowest BCUT2D eigenvalue weighted by Gasteiger charge is -2.32. The minimum Gasteiger partial charge on any atom is -0.347 e. The number of amides is 2. The quantitative estimate of drug-likeness (QED) is 0.837. The molecule has 9 heteroatoms. The number of hydrogen-bond acceptors (Lipinski definition) is 7. The first-order valence-corrected chi connectivity index (χ1v) is 8.23. The van der Waals surface area contributed by atoms with Crippen molar-refractivity contribution < 1.29 is 14.1 Å². The Morgan fingerprint density at radius 2 is 2.28 bits per heavy atom. The highest BCUT2D eigenvalue weighted by Crippen LogP contribution is 2.21. The number of carbonyl (C=O) groups excluding carboxylic acids is 2. The average molecular weight is 344 g/mol. The Morgan fingerprint density at radius 3 is 3.04 bits per heavy atom. The topological polar surface area (TPSA) is 114 Å². The molecule has 0 unspecified atom stereocenters. The van der Waals surface area contributed by atoms with Gasteiger partial charge in [0, 0.05) is 38.8 Å². The summed E-state index contributed by atoms with van der Waals surface area (Å²) in [6.45, 7) is 2.78. The molecule has 9 nitrogen and oxygen atoms in total. The maximum atomic E-state index is 12.1. The average Bonchev–Trinajstić information content (AvgIpc) is 3.09. The minimum absolute atomic E-state index is 0.0411. The summed E-state index contributed by atoms with van der Waals surface area (Å²) in [5.41, 5.74) is 0.563. The monoisotopic (exact) mass is 344 g/mol. The lowest BCUT2D eigenvalue weighted by atomic mass is 9.94. The molecule has 3 rings (SSSR count). The summed E-state index contributed by atoms with van der Waals surface area (Å²) < 4.78 is 5.31. The van der Waals surface area contributed by atoms with Gasteiger partial charge in [-0.2, -0.15) is 4.98 Å². The van der Waals surface area contributed by atoms with E-state index in [1.807, 2.05) is 0 Å². The van der Waals surface area contributed by atoms with Gasteiger partial charge in [-0.1, -0.05) is 5.16 Å². The lowest BCUT2D eigenvalue weighted by molar-refractivity contribution is -0.134. The Morgan fingerprint density at radius 1 is 1.40 bits per heavy atom. The molecule has 2 aromatic rings. The number of aromatic nitrogens is 4. The van der Waals surface area contributed by atoms with Crippen LogP contribution in [0.1, 0.15) is 25.7 Å². The van der Waals surface area contributed by atoms with Crippen molar-refractivity contribution in [3.05, 3.63) is 24.5 Å². The van der Waals surface area contributed by atoms with Gasteiger partial charge < -0.3 is 14.7 Å². The molecule has 2 aromatic heterocycles. The fraction of sp³-hybridized carbons (Fsp3) is 0.500. The van der Waals surface area contributed by atoms with Gasteiger partial charge in [0.25, 0.3) is 0 Å². The van der Waals surface area contributed by atoms with E-state index in [1.165, 1.54) is 6.92 Å². The normalized spacial score (nSPS) is 17.3. The van der Waals surface area contributed by atoms with Crippen LogP contribution >= 0.6 is 0 Å². The van der Waals surface area contributed by atoms with Crippen LogP contribution < -0.4 is 5.32 Å². The molecule has 2 amide bonds. The number of piperidine rings is 1. The van der Waals surface area contributed by atoms with Crippen LogP contribution in [-0.2, 0) is 16.0 Å². The third-order valence-corrected chi connectivity index (χ3v) is 4.08. The molecule has 0 aromatic carbocycles. The van der Waals surface area contributed by atoms with Crippen molar-refractivity contribution in [1.29, 1.82) is 0 Å². The van der Waals surface area contributed by atoms with Gasteiger partial charge in [0.15, 0.2) is 0 Å². The second-order valence-corrected chi connectivity index (χ2v) is 6.06. The second-order valence-electron chi connectivity index (χ2n) is 6.06. The summed E-state index contributed by atoms with van der Waals surface area (Å²) in [4.78, 5) is 37.3. The highest BCUT2D eigenvalue weighted by atomic mass is 16.5. The first-order valence-electron chi connectivity index (χ1n) is 8.23. The molecule has 0 spiro atoms. The molecule has 1 aliphatic rings. The van der Waals surface area contributed by atoms with Crippen LogP contribution in [-0.4, -0.2) is 56.5 Å². The summed E-state index contributed by atoms with van der Waals surface area (Å²) >= 11 is 0. The zero-order valence-electron chi connectivity index (χ0n) is 14.0. The van der Waals surface area contributed by atoms with Crippen molar-refractivity contribution in [2.45, 2.75) is 26.2 Å². The van der Waals surface area contributed by atoms with Gasteiger partial charge in [-0.3, -0.25) is 14.6 Å². The minimum atomic E-state index is -0.204. The number of hydrogen-bond donors (Lipinski definition) is 1. The highest BCUT2D eigenvalue weighted by molar-refractivity contribution is 5.83. The molecule has 0 aliphatic carbocycles. The maximum absolute atomic E-state index is 12.1. The number of rotatable bonds is 5. The zero-order valence-corrected chi connectivity index (χ0v) is 14.0. The third kappa shape index (κ3) is 4.59. The molecule has 3 heterocycles. The van der Waals surface area contributed by atoms with Gasteiger partial charge in [-0.25, -0.2) is 4.98 Å². The summed E-state index contributed by atoms with van der Waals surface area (Å²) in [7, 11) is 0. The van der Waals surface area contributed by atoms with Gasteiger partial charge in [-0.05, 0) is 18.8 Å². The molecule has 1 fully saturated rings. The molecule has 0 radical (unpaired) electrons. The molecule has 1 atom stereocenters. The molecule has 0 saturated carbocycles. The van der Waals surface area contributed by atoms with E-state index in [0.717, 1.165) is 12.8 Å². The zero-order chi connectivity index (χ0) is 17.6. The van der Waals surface area contributed by atoms with Crippen LogP contribution in [0, 0.1) is 5.92 Å². The Balaban J connectivity index is 1.57. The fourth-order valence-corrected chi connectivity index (χ4v) is 2.87. The van der Waals surface area contributed by atoms with E-state index < -0.39 is 0 Å². The first kappa shape index (κ1) is 17.0. The predicted molar refractivity (Wildman–Crippen MR) is 87.0 cm³/mol. The van der Waals surface area contributed by atoms with E-state index in [9.17, 15) is 9.59 Å². The van der Waals surface area contributed by atoms with Gasteiger partial charge in [0.05, 0.1) is 12.7 Å². The Bertz CT molecular complexity index is 732. The number of nitrogens with zero attached hydrogens (tertiary/aromatic N) is 5. The van der Waals surface area contributed by atoms with Crippen molar-refractivity contribution in [3.8, 4) is 11.5 Å². The van der Waals surface area contributed by atoms with E-state index in [1.54, 1.807) is 23.5 Å². The lowest BCUT2D eigenvalue weighted by Crippen LogP contribution is -2.45. The van der Waals surface area contributed by atoms with Crippen LogP contribution in [0.4, 0.5) is 0 Å². The van der Waals surface area contributed by atoms with E-state index in [-0.39, 0.29) is 24.3 Å². The van der Waals surface area contributed by atoms with Crippen LogP contribution in [0.15, 0.2) is 23.1 Å². The standard InChI is InChI=1S/C16H20N6O3/c1-11(23)19-9-15(24)22-6-2-3-12(10-22)7-14-20-16(21-25-14)13-8-17-4-5-18-13/h4-5,8,12H,2-3,6-7,9-10H2,1H3,(H,19,23)/t12-/m0/s1. The van der Waals surface area contributed by atoms with Gasteiger partial charge >= 0.3 is 0 Å². The summed E-state index contributed by atoms with van der Waals surface area (Å²) in [5, 5.41) is 6.48. The largest absolute Gasteiger partial charge is 0.347 e. The van der Waals surface area contributed by atoms with E-state index in [4.69, 9.17) is 4.52 Å². The molecular weight excluding hydrogens is 324 g/mol. The van der Waals surface area contributed by atoms with E-state index in [2.05, 4.69) is 25.4 Å². The van der Waals surface area contributed by atoms with Gasteiger partial charge in [0.2, 0.25) is 23.5 Å². The maximum Gasteiger partial charge on any atom is 0.241 e. The van der Waals surface area contributed by atoms with Crippen molar-refractivity contribution in [2.24, 2.45) is 5.92 Å². The van der Waals surface area contributed by atoms with Crippen molar-refractivity contribution in [2.75, 3.05) is 19.6 Å². The molecule has 0 bridgehead atoms. The second kappa shape index (κ2) is 7.82. The summed E-state index contributed by atoms with van der Waals surface area (Å²) in [6.07, 6.45) is 7.26. The number of carbonyl (C=O) groups is 2.